The highest BCUT2D eigenvalue weighted by Crippen LogP contribution is 2.15. The average Bonchev–Trinajstić information content (AvgIpc) is 3.11. The number of carbonyl (C=O) groups excluding carboxylic acids is 1. The van der Waals surface area contributed by atoms with E-state index in [0.29, 0.717) is 11.5 Å². The van der Waals surface area contributed by atoms with Crippen LogP contribution in [-0.2, 0) is 0 Å². The first-order valence-corrected chi connectivity index (χ1v) is 6.53. The van der Waals surface area contributed by atoms with E-state index in [9.17, 15) is 9.59 Å². The normalized spacial score (nSPS) is 18.1. The summed E-state index contributed by atoms with van der Waals surface area (Å²) >= 11 is 0. The summed E-state index contributed by atoms with van der Waals surface area (Å²) in [5.74, 6) is 0.222. The Balaban J connectivity index is 1.80. The second kappa shape index (κ2) is 5.34. The molecule has 2 aromatic rings. The first-order valence-electron chi connectivity index (χ1n) is 6.53. The smallest absolute Gasteiger partial charge is 0.261 e. The van der Waals surface area contributed by atoms with Gasteiger partial charge in [-0.2, -0.15) is 0 Å². The molecule has 6 heteroatoms. The highest BCUT2D eigenvalue weighted by molar-refractivity contribution is 5.94. The van der Waals surface area contributed by atoms with Crippen LogP contribution in [-0.4, -0.2) is 30.0 Å². The Hall–Kier alpha value is -2.34. The lowest BCUT2D eigenvalue weighted by Gasteiger charge is -2.10. The number of aromatic amines is 1. The monoisotopic (exact) mass is 273 g/mol. The highest BCUT2D eigenvalue weighted by atomic mass is 16.3. The molecular formula is C14H15N3O3. The third-order valence-corrected chi connectivity index (χ3v) is 3.34. The van der Waals surface area contributed by atoms with Gasteiger partial charge in [0.15, 0.2) is 0 Å². The summed E-state index contributed by atoms with van der Waals surface area (Å²) in [5.41, 5.74) is 0.258. The summed E-state index contributed by atoms with van der Waals surface area (Å²) in [5, 5.41) is 6.00. The molecule has 1 aliphatic heterocycles. The Morgan fingerprint density at radius 2 is 2.25 bits per heavy atom. The lowest BCUT2D eigenvalue weighted by Crippen LogP contribution is -2.38. The molecule has 3 rings (SSSR count). The number of aromatic nitrogens is 1. The summed E-state index contributed by atoms with van der Waals surface area (Å²) < 4.78 is 5.20. The van der Waals surface area contributed by atoms with Gasteiger partial charge in [-0.25, -0.2) is 0 Å². The summed E-state index contributed by atoms with van der Waals surface area (Å²) in [7, 11) is 0. The van der Waals surface area contributed by atoms with Crippen molar-refractivity contribution in [3.8, 4) is 11.5 Å². The topological polar surface area (TPSA) is 87.1 Å². The molecule has 1 atom stereocenters. The van der Waals surface area contributed by atoms with E-state index >= 15 is 0 Å². The van der Waals surface area contributed by atoms with Gasteiger partial charge in [0.1, 0.15) is 11.3 Å². The maximum Gasteiger partial charge on any atom is 0.261 e. The summed E-state index contributed by atoms with van der Waals surface area (Å²) in [4.78, 5) is 26.7. The van der Waals surface area contributed by atoms with E-state index in [1.165, 1.54) is 12.3 Å². The Labute approximate surface area is 115 Å². The third kappa shape index (κ3) is 2.50. The fraction of sp³-hybridized carbons (Fsp3) is 0.286. The first kappa shape index (κ1) is 12.7. The first-order chi connectivity index (χ1) is 9.74. The van der Waals surface area contributed by atoms with Gasteiger partial charge in [0.25, 0.3) is 11.5 Å². The molecule has 104 valence electrons. The molecule has 0 bridgehead atoms. The van der Waals surface area contributed by atoms with Crippen LogP contribution >= 0.6 is 0 Å². The van der Waals surface area contributed by atoms with Crippen molar-refractivity contribution >= 4 is 5.91 Å². The van der Waals surface area contributed by atoms with Gasteiger partial charge < -0.3 is 20.0 Å². The van der Waals surface area contributed by atoms with E-state index in [-0.39, 0.29) is 17.5 Å². The molecular weight excluding hydrogens is 258 g/mol. The number of hydrogen-bond acceptors (Lipinski definition) is 4. The van der Waals surface area contributed by atoms with Crippen LogP contribution in [0.1, 0.15) is 16.8 Å². The van der Waals surface area contributed by atoms with Crippen molar-refractivity contribution in [2.75, 3.05) is 13.1 Å². The number of hydrogen-bond donors (Lipinski definition) is 3. The van der Waals surface area contributed by atoms with Gasteiger partial charge in [0.2, 0.25) is 0 Å². The van der Waals surface area contributed by atoms with Gasteiger partial charge in [0, 0.05) is 12.6 Å². The molecule has 1 amide bonds. The van der Waals surface area contributed by atoms with Crippen molar-refractivity contribution in [1.82, 2.24) is 15.6 Å². The molecule has 6 nitrogen and oxygen atoms in total. The Morgan fingerprint density at radius 1 is 1.35 bits per heavy atom. The SMILES string of the molecule is O=C(NC1CCNC1)c1ccc(-c2ccco2)[nH]c1=O. The highest BCUT2D eigenvalue weighted by Gasteiger charge is 2.19. The fourth-order valence-electron chi connectivity index (χ4n) is 2.27. The zero-order valence-electron chi connectivity index (χ0n) is 10.8. The molecule has 2 aromatic heterocycles. The predicted molar refractivity (Wildman–Crippen MR) is 73.5 cm³/mol. The second-order valence-electron chi connectivity index (χ2n) is 4.76. The standard InChI is InChI=1S/C14H15N3O3/c18-13(16-9-5-6-15-8-9)10-3-4-11(17-14(10)19)12-2-1-7-20-12/h1-4,7,9,15H,5-6,8H2,(H,16,18)(H,17,19). The van der Waals surface area contributed by atoms with Crippen LogP contribution in [0.15, 0.2) is 39.7 Å². The number of carbonyl (C=O) groups is 1. The predicted octanol–water partition coefficient (Wildman–Crippen LogP) is 0.727. The van der Waals surface area contributed by atoms with Crippen molar-refractivity contribution in [2.24, 2.45) is 0 Å². The summed E-state index contributed by atoms with van der Waals surface area (Å²) in [6.45, 7) is 1.63. The van der Waals surface area contributed by atoms with Crippen LogP contribution in [0, 0.1) is 0 Å². The van der Waals surface area contributed by atoms with E-state index in [0.717, 1.165) is 19.5 Å². The number of rotatable bonds is 3. The number of amides is 1. The number of furan rings is 1. The van der Waals surface area contributed by atoms with Gasteiger partial charge in [-0.1, -0.05) is 0 Å². The number of nitrogens with one attached hydrogen (secondary N) is 3. The van der Waals surface area contributed by atoms with Gasteiger partial charge >= 0.3 is 0 Å². The lowest BCUT2D eigenvalue weighted by molar-refractivity contribution is 0.0938. The Morgan fingerprint density at radius 3 is 2.90 bits per heavy atom. The van der Waals surface area contributed by atoms with E-state index in [1.54, 1.807) is 18.2 Å². The van der Waals surface area contributed by atoms with Gasteiger partial charge in [0.05, 0.1) is 12.0 Å². The molecule has 0 saturated carbocycles. The molecule has 1 fully saturated rings. The minimum absolute atomic E-state index is 0.0895. The molecule has 0 aliphatic carbocycles. The molecule has 1 saturated heterocycles. The van der Waals surface area contributed by atoms with Crippen molar-refractivity contribution in [1.29, 1.82) is 0 Å². The minimum Gasteiger partial charge on any atom is -0.463 e. The molecule has 3 N–H and O–H groups in total. The van der Waals surface area contributed by atoms with Crippen LogP contribution < -0.4 is 16.2 Å². The zero-order valence-corrected chi connectivity index (χ0v) is 10.8. The van der Waals surface area contributed by atoms with Crippen LogP contribution in [0.25, 0.3) is 11.5 Å². The van der Waals surface area contributed by atoms with Gasteiger partial charge in [-0.05, 0) is 37.2 Å². The minimum atomic E-state index is -0.414. The molecule has 0 spiro atoms. The van der Waals surface area contributed by atoms with Gasteiger partial charge in [-0.15, -0.1) is 0 Å². The van der Waals surface area contributed by atoms with Crippen molar-refractivity contribution in [2.45, 2.75) is 12.5 Å². The Bertz CT molecular complexity index is 655. The van der Waals surface area contributed by atoms with Crippen LogP contribution in [0.3, 0.4) is 0 Å². The quantitative estimate of drug-likeness (QED) is 0.769. The molecule has 1 unspecified atom stereocenters. The molecule has 0 aromatic carbocycles. The van der Waals surface area contributed by atoms with E-state index in [4.69, 9.17) is 4.42 Å². The van der Waals surface area contributed by atoms with Crippen LogP contribution in [0.5, 0.6) is 0 Å². The number of H-pyrrole nitrogens is 1. The lowest BCUT2D eigenvalue weighted by atomic mass is 10.2. The molecule has 3 heterocycles. The maximum absolute atomic E-state index is 12.0. The van der Waals surface area contributed by atoms with Gasteiger partial charge in [-0.3, -0.25) is 9.59 Å². The number of pyridine rings is 1. The van der Waals surface area contributed by atoms with Crippen molar-refractivity contribution in [3.05, 3.63) is 46.4 Å². The average molecular weight is 273 g/mol. The fourth-order valence-corrected chi connectivity index (χ4v) is 2.27. The molecule has 20 heavy (non-hydrogen) atoms. The molecule has 1 aliphatic rings. The van der Waals surface area contributed by atoms with Crippen LogP contribution in [0.4, 0.5) is 0 Å². The van der Waals surface area contributed by atoms with E-state index in [1.807, 2.05) is 0 Å². The largest absolute Gasteiger partial charge is 0.463 e. The maximum atomic E-state index is 12.0. The van der Waals surface area contributed by atoms with Crippen molar-refractivity contribution in [3.63, 3.8) is 0 Å². The summed E-state index contributed by atoms with van der Waals surface area (Å²) in [6, 6.07) is 6.76. The summed E-state index contributed by atoms with van der Waals surface area (Å²) in [6.07, 6.45) is 2.41. The van der Waals surface area contributed by atoms with E-state index < -0.39 is 5.56 Å². The zero-order chi connectivity index (χ0) is 13.9. The molecule has 0 radical (unpaired) electrons. The van der Waals surface area contributed by atoms with E-state index in [2.05, 4.69) is 15.6 Å². The second-order valence-corrected chi connectivity index (χ2v) is 4.76. The van der Waals surface area contributed by atoms with Crippen molar-refractivity contribution < 1.29 is 9.21 Å². The Kier molecular flexibility index (Phi) is 3.39. The third-order valence-electron chi connectivity index (χ3n) is 3.34. The van der Waals surface area contributed by atoms with Crippen LogP contribution in [0.2, 0.25) is 0 Å².